The Morgan fingerprint density at radius 1 is 1.47 bits per heavy atom. The van der Waals surface area contributed by atoms with E-state index in [2.05, 4.69) is 13.8 Å². The molecule has 0 saturated carbocycles. The molecule has 0 aromatic rings. The smallest absolute Gasteiger partial charge is 0.222 e. The van der Waals surface area contributed by atoms with E-state index >= 15 is 0 Å². The lowest BCUT2D eigenvalue weighted by Crippen LogP contribution is -2.47. The second-order valence-corrected chi connectivity index (χ2v) is 4.68. The number of amides is 1. The Morgan fingerprint density at radius 2 is 2.20 bits per heavy atom. The number of unbranched alkanes of at least 4 members (excludes halogenated alkanes) is 1. The zero-order valence-corrected chi connectivity index (χ0v) is 10.0. The third-order valence-electron chi connectivity index (χ3n) is 3.38. The molecule has 2 N–H and O–H groups in total. The van der Waals surface area contributed by atoms with Crippen molar-refractivity contribution < 1.29 is 4.79 Å². The molecule has 0 radical (unpaired) electrons. The fourth-order valence-corrected chi connectivity index (χ4v) is 2.19. The van der Waals surface area contributed by atoms with Crippen molar-refractivity contribution in [1.29, 1.82) is 0 Å². The minimum Gasteiger partial charge on any atom is -0.340 e. The van der Waals surface area contributed by atoms with Gasteiger partial charge in [0, 0.05) is 19.0 Å². The van der Waals surface area contributed by atoms with Crippen LogP contribution < -0.4 is 5.73 Å². The van der Waals surface area contributed by atoms with E-state index in [1.165, 1.54) is 6.42 Å². The largest absolute Gasteiger partial charge is 0.340 e. The molecule has 1 aliphatic rings. The van der Waals surface area contributed by atoms with Crippen molar-refractivity contribution in [3.63, 3.8) is 0 Å². The summed E-state index contributed by atoms with van der Waals surface area (Å²) in [7, 11) is 0. The Hall–Kier alpha value is -0.570. The normalized spacial score (nSPS) is 26.7. The standard InChI is InChI=1S/C12H24N2O/c1-3-4-5-12(15)14-9-11(8-13)7-6-10(14)2/h10-11H,3-9,13H2,1-2H3. The molecular formula is C12H24N2O. The predicted molar refractivity (Wildman–Crippen MR) is 62.5 cm³/mol. The Bertz CT molecular complexity index is 206. The predicted octanol–water partition coefficient (Wildman–Crippen LogP) is 1.76. The molecule has 0 aliphatic carbocycles. The Morgan fingerprint density at radius 3 is 2.80 bits per heavy atom. The van der Waals surface area contributed by atoms with Gasteiger partial charge in [-0.15, -0.1) is 0 Å². The molecule has 3 nitrogen and oxygen atoms in total. The van der Waals surface area contributed by atoms with Gasteiger partial charge >= 0.3 is 0 Å². The summed E-state index contributed by atoms with van der Waals surface area (Å²) in [5.41, 5.74) is 5.67. The molecule has 1 heterocycles. The van der Waals surface area contributed by atoms with E-state index in [4.69, 9.17) is 5.73 Å². The van der Waals surface area contributed by atoms with Gasteiger partial charge in [-0.3, -0.25) is 4.79 Å². The first-order valence-corrected chi connectivity index (χ1v) is 6.18. The second kappa shape index (κ2) is 6.11. The number of hydrogen-bond donors (Lipinski definition) is 1. The van der Waals surface area contributed by atoms with Crippen LogP contribution in [0, 0.1) is 5.92 Å². The monoisotopic (exact) mass is 212 g/mol. The van der Waals surface area contributed by atoms with Gasteiger partial charge in [0.15, 0.2) is 0 Å². The molecule has 88 valence electrons. The van der Waals surface area contributed by atoms with Crippen molar-refractivity contribution in [1.82, 2.24) is 4.90 Å². The van der Waals surface area contributed by atoms with E-state index < -0.39 is 0 Å². The van der Waals surface area contributed by atoms with Crippen LogP contribution >= 0.6 is 0 Å². The van der Waals surface area contributed by atoms with Crippen molar-refractivity contribution >= 4 is 5.91 Å². The van der Waals surface area contributed by atoms with Crippen molar-refractivity contribution in [2.24, 2.45) is 11.7 Å². The van der Waals surface area contributed by atoms with E-state index in [1.807, 2.05) is 4.90 Å². The van der Waals surface area contributed by atoms with Crippen LogP contribution in [-0.4, -0.2) is 29.9 Å². The molecule has 0 aromatic heterocycles. The number of likely N-dealkylation sites (tertiary alicyclic amines) is 1. The Balaban J connectivity index is 2.46. The van der Waals surface area contributed by atoms with Gasteiger partial charge in [-0.2, -0.15) is 0 Å². The number of rotatable bonds is 4. The average Bonchev–Trinajstić information content (AvgIpc) is 2.26. The van der Waals surface area contributed by atoms with Gasteiger partial charge in [0.25, 0.3) is 0 Å². The summed E-state index contributed by atoms with van der Waals surface area (Å²) in [6.45, 7) is 5.86. The lowest BCUT2D eigenvalue weighted by Gasteiger charge is -2.37. The third-order valence-corrected chi connectivity index (χ3v) is 3.38. The molecule has 3 heteroatoms. The van der Waals surface area contributed by atoms with E-state index in [9.17, 15) is 4.79 Å². The molecule has 1 saturated heterocycles. The average molecular weight is 212 g/mol. The van der Waals surface area contributed by atoms with E-state index in [1.54, 1.807) is 0 Å². The van der Waals surface area contributed by atoms with Crippen molar-refractivity contribution in [2.75, 3.05) is 13.1 Å². The molecule has 1 amide bonds. The van der Waals surface area contributed by atoms with Gasteiger partial charge in [0.1, 0.15) is 0 Å². The lowest BCUT2D eigenvalue weighted by atomic mass is 9.93. The summed E-state index contributed by atoms with van der Waals surface area (Å²) in [5, 5.41) is 0. The molecule has 2 atom stereocenters. The second-order valence-electron chi connectivity index (χ2n) is 4.68. The minimum atomic E-state index is 0.322. The number of carbonyl (C=O) groups is 1. The topological polar surface area (TPSA) is 46.3 Å². The van der Waals surface area contributed by atoms with Crippen molar-refractivity contribution in [2.45, 2.75) is 52.0 Å². The SMILES string of the molecule is CCCCC(=O)N1CC(CN)CCC1C. The molecule has 2 unspecified atom stereocenters. The molecular weight excluding hydrogens is 188 g/mol. The van der Waals surface area contributed by atoms with E-state index in [-0.39, 0.29) is 0 Å². The fraction of sp³-hybridized carbons (Fsp3) is 0.917. The van der Waals surface area contributed by atoms with E-state index in [0.717, 1.165) is 25.8 Å². The van der Waals surface area contributed by atoms with Crippen LogP contribution in [0.15, 0.2) is 0 Å². The summed E-state index contributed by atoms with van der Waals surface area (Å²) < 4.78 is 0. The van der Waals surface area contributed by atoms with Gasteiger partial charge < -0.3 is 10.6 Å². The summed E-state index contributed by atoms with van der Waals surface area (Å²) in [5.74, 6) is 0.842. The Kier molecular flexibility index (Phi) is 5.09. The highest BCUT2D eigenvalue weighted by atomic mass is 16.2. The molecule has 15 heavy (non-hydrogen) atoms. The van der Waals surface area contributed by atoms with Crippen molar-refractivity contribution in [3.8, 4) is 0 Å². The van der Waals surface area contributed by atoms with Gasteiger partial charge in [-0.25, -0.2) is 0 Å². The molecule has 0 spiro atoms. The number of carbonyl (C=O) groups excluding carboxylic acids is 1. The number of hydrogen-bond acceptors (Lipinski definition) is 2. The molecule has 0 aromatic carbocycles. The van der Waals surface area contributed by atoms with E-state index in [0.29, 0.717) is 30.8 Å². The first-order valence-electron chi connectivity index (χ1n) is 6.18. The minimum absolute atomic E-state index is 0.322. The number of piperidine rings is 1. The fourth-order valence-electron chi connectivity index (χ4n) is 2.19. The van der Waals surface area contributed by atoms with Crippen LogP contribution in [0.3, 0.4) is 0 Å². The summed E-state index contributed by atoms with van der Waals surface area (Å²) in [6.07, 6.45) is 5.09. The molecule has 1 aliphatic heterocycles. The van der Waals surface area contributed by atoms with Crippen LogP contribution in [0.2, 0.25) is 0 Å². The summed E-state index contributed by atoms with van der Waals surface area (Å²) in [4.78, 5) is 14.0. The van der Waals surface area contributed by atoms with Crippen LogP contribution in [0.25, 0.3) is 0 Å². The van der Waals surface area contributed by atoms with Crippen LogP contribution in [0.4, 0.5) is 0 Å². The zero-order chi connectivity index (χ0) is 11.3. The first-order chi connectivity index (χ1) is 7.19. The zero-order valence-electron chi connectivity index (χ0n) is 10.0. The van der Waals surface area contributed by atoms with Gasteiger partial charge in [0.05, 0.1) is 0 Å². The highest BCUT2D eigenvalue weighted by molar-refractivity contribution is 5.76. The van der Waals surface area contributed by atoms with Crippen LogP contribution in [-0.2, 0) is 4.79 Å². The summed E-state index contributed by atoms with van der Waals surface area (Å²) in [6, 6.07) is 0.414. The molecule has 1 fully saturated rings. The molecule has 0 bridgehead atoms. The number of nitrogens with zero attached hydrogens (tertiary/aromatic N) is 1. The third kappa shape index (κ3) is 3.49. The number of nitrogens with two attached hydrogens (primary N) is 1. The highest BCUT2D eigenvalue weighted by Crippen LogP contribution is 2.22. The van der Waals surface area contributed by atoms with Gasteiger partial charge in [-0.1, -0.05) is 13.3 Å². The highest BCUT2D eigenvalue weighted by Gasteiger charge is 2.27. The van der Waals surface area contributed by atoms with Crippen molar-refractivity contribution in [3.05, 3.63) is 0 Å². The maximum atomic E-state index is 11.9. The van der Waals surface area contributed by atoms with Gasteiger partial charge in [-0.05, 0) is 38.6 Å². The first kappa shape index (κ1) is 12.5. The van der Waals surface area contributed by atoms with Crippen LogP contribution in [0.1, 0.15) is 46.0 Å². The van der Waals surface area contributed by atoms with Crippen LogP contribution in [0.5, 0.6) is 0 Å². The lowest BCUT2D eigenvalue weighted by molar-refractivity contribution is -0.135. The van der Waals surface area contributed by atoms with Gasteiger partial charge in [0.2, 0.25) is 5.91 Å². The maximum absolute atomic E-state index is 11.9. The quantitative estimate of drug-likeness (QED) is 0.772. The Labute approximate surface area is 93.0 Å². The molecule has 1 rings (SSSR count). The maximum Gasteiger partial charge on any atom is 0.222 e. The summed E-state index contributed by atoms with van der Waals surface area (Å²) >= 11 is 0.